The van der Waals surface area contributed by atoms with Crippen molar-refractivity contribution in [1.29, 1.82) is 0 Å². The molecule has 0 bridgehead atoms. The summed E-state index contributed by atoms with van der Waals surface area (Å²) in [5.74, 6) is 1.40. The fourth-order valence-corrected chi connectivity index (χ4v) is 5.17. The smallest absolute Gasteiger partial charge is 0.233 e. The lowest BCUT2D eigenvalue weighted by atomic mass is 10.00. The molecule has 0 saturated carbocycles. The van der Waals surface area contributed by atoms with Gasteiger partial charge in [0, 0.05) is 26.2 Å². The van der Waals surface area contributed by atoms with Crippen LogP contribution in [0.5, 0.6) is 0 Å². The lowest BCUT2D eigenvalue weighted by molar-refractivity contribution is -0.129. The molecule has 7 heteroatoms. The predicted octanol–water partition coefficient (Wildman–Crippen LogP) is 3.85. The molecule has 0 N–H and O–H groups in total. The molecule has 3 heterocycles. The summed E-state index contributed by atoms with van der Waals surface area (Å²) in [5.41, 5.74) is 4.87. The van der Waals surface area contributed by atoms with E-state index in [1.54, 1.807) is 0 Å². The molecule has 0 radical (unpaired) electrons. The second kappa shape index (κ2) is 8.75. The number of fused-ring (bicyclic) bond motifs is 1. The van der Waals surface area contributed by atoms with E-state index in [1.807, 2.05) is 11.0 Å². The van der Waals surface area contributed by atoms with E-state index in [0.717, 1.165) is 42.8 Å². The summed E-state index contributed by atoms with van der Waals surface area (Å²) in [6.45, 7) is 5.56. The summed E-state index contributed by atoms with van der Waals surface area (Å²) in [4.78, 5) is 17.2. The van der Waals surface area contributed by atoms with E-state index in [1.165, 1.54) is 41.3 Å². The van der Waals surface area contributed by atoms with Crippen LogP contribution in [0.4, 0.5) is 5.95 Å². The fourth-order valence-electron chi connectivity index (χ4n) is 4.32. The monoisotopic (exact) mass is 433 g/mol. The van der Waals surface area contributed by atoms with E-state index in [-0.39, 0.29) is 5.91 Å². The highest BCUT2D eigenvalue weighted by atomic mass is 32.2. The van der Waals surface area contributed by atoms with Crippen LogP contribution >= 0.6 is 11.8 Å². The summed E-state index contributed by atoms with van der Waals surface area (Å²) in [5, 5.41) is 9.76. The number of rotatable bonds is 5. The van der Waals surface area contributed by atoms with Gasteiger partial charge in [-0.1, -0.05) is 53.7 Å². The van der Waals surface area contributed by atoms with Crippen LogP contribution in [-0.4, -0.2) is 51.0 Å². The number of amides is 1. The zero-order chi connectivity index (χ0) is 21.2. The number of benzene rings is 2. The zero-order valence-electron chi connectivity index (χ0n) is 17.8. The lowest BCUT2D eigenvalue weighted by Crippen LogP contribution is -2.37. The van der Waals surface area contributed by atoms with Crippen LogP contribution in [0.3, 0.4) is 0 Å². The van der Waals surface area contributed by atoms with Crippen molar-refractivity contribution in [2.75, 3.05) is 30.3 Å². The number of nitrogens with zero attached hydrogens (tertiary/aromatic N) is 5. The van der Waals surface area contributed by atoms with Gasteiger partial charge >= 0.3 is 0 Å². The molecule has 3 aromatic rings. The Kier molecular flexibility index (Phi) is 5.68. The Morgan fingerprint density at radius 2 is 1.71 bits per heavy atom. The van der Waals surface area contributed by atoms with Crippen LogP contribution < -0.4 is 4.90 Å². The molecule has 0 spiro atoms. The zero-order valence-corrected chi connectivity index (χ0v) is 18.6. The van der Waals surface area contributed by atoms with Crippen LogP contribution in [0, 0.1) is 6.92 Å². The number of aromatic nitrogens is 3. The maximum atomic E-state index is 13.0. The van der Waals surface area contributed by atoms with Crippen molar-refractivity contribution < 1.29 is 4.79 Å². The summed E-state index contributed by atoms with van der Waals surface area (Å²) in [7, 11) is 0. The van der Waals surface area contributed by atoms with Crippen LogP contribution in [-0.2, 0) is 17.8 Å². The minimum atomic E-state index is 0.153. The standard InChI is InChI=1S/C24H27N5OS/c1-18-8-10-21(11-9-18)29-23(27-13-4-5-14-27)25-26-24(29)31-17-22(30)28-15-12-19-6-2-3-7-20(19)16-28/h2-3,6-11H,4-5,12-17H2,1H3. The van der Waals surface area contributed by atoms with Crippen molar-refractivity contribution in [3.05, 3.63) is 65.2 Å². The van der Waals surface area contributed by atoms with Crippen molar-refractivity contribution in [2.45, 2.75) is 37.9 Å². The van der Waals surface area contributed by atoms with Gasteiger partial charge in [-0.25, -0.2) is 0 Å². The summed E-state index contributed by atoms with van der Waals surface area (Å²) in [6, 6.07) is 16.8. The molecule has 1 aromatic heterocycles. The molecule has 0 atom stereocenters. The summed E-state index contributed by atoms with van der Waals surface area (Å²) in [6.07, 6.45) is 3.28. The fraction of sp³-hybridized carbons (Fsp3) is 0.375. The average molecular weight is 434 g/mol. The molecule has 31 heavy (non-hydrogen) atoms. The van der Waals surface area contributed by atoms with E-state index in [4.69, 9.17) is 0 Å². The van der Waals surface area contributed by atoms with Gasteiger partial charge in [0.25, 0.3) is 0 Å². The Hall–Kier alpha value is -2.80. The molecule has 2 aliphatic heterocycles. The predicted molar refractivity (Wildman–Crippen MR) is 124 cm³/mol. The van der Waals surface area contributed by atoms with Gasteiger partial charge < -0.3 is 9.80 Å². The first-order valence-electron chi connectivity index (χ1n) is 10.9. The van der Waals surface area contributed by atoms with E-state index in [0.29, 0.717) is 12.3 Å². The molecule has 2 aliphatic rings. The minimum absolute atomic E-state index is 0.153. The van der Waals surface area contributed by atoms with Crippen LogP contribution in [0.1, 0.15) is 29.5 Å². The molecular formula is C24H27N5OS. The maximum Gasteiger partial charge on any atom is 0.233 e. The highest BCUT2D eigenvalue weighted by molar-refractivity contribution is 7.99. The SMILES string of the molecule is Cc1ccc(-n2c(SCC(=O)N3CCc4ccccc4C3)nnc2N2CCCC2)cc1. The number of hydrogen-bond donors (Lipinski definition) is 0. The summed E-state index contributed by atoms with van der Waals surface area (Å²) < 4.78 is 2.11. The third-order valence-corrected chi connectivity index (χ3v) is 7.02. The largest absolute Gasteiger partial charge is 0.341 e. The molecule has 1 saturated heterocycles. The Morgan fingerprint density at radius 3 is 2.48 bits per heavy atom. The lowest BCUT2D eigenvalue weighted by Gasteiger charge is -2.28. The van der Waals surface area contributed by atoms with E-state index >= 15 is 0 Å². The highest BCUT2D eigenvalue weighted by Gasteiger charge is 2.25. The number of carbonyl (C=O) groups excluding carboxylic acids is 1. The van der Waals surface area contributed by atoms with Crippen LogP contribution in [0.25, 0.3) is 5.69 Å². The van der Waals surface area contributed by atoms with Gasteiger partial charge in [0.2, 0.25) is 11.9 Å². The molecule has 6 nitrogen and oxygen atoms in total. The highest BCUT2D eigenvalue weighted by Crippen LogP contribution is 2.29. The summed E-state index contributed by atoms with van der Waals surface area (Å²) >= 11 is 1.48. The molecule has 2 aromatic carbocycles. The first kappa shape index (κ1) is 20.1. The van der Waals surface area contributed by atoms with Gasteiger partial charge in [0.05, 0.1) is 11.4 Å². The minimum Gasteiger partial charge on any atom is -0.341 e. The van der Waals surface area contributed by atoms with Gasteiger partial charge in [0.15, 0.2) is 5.16 Å². The van der Waals surface area contributed by atoms with Crippen LogP contribution in [0.2, 0.25) is 0 Å². The van der Waals surface area contributed by atoms with Gasteiger partial charge in [-0.15, -0.1) is 10.2 Å². The van der Waals surface area contributed by atoms with Crippen LogP contribution in [0.15, 0.2) is 53.7 Å². The Morgan fingerprint density at radius 1 is 0.968 bits per heavy atom. The molecule has 0 aliphatic carbocycles. The normalized spacial score (nSPS) is 15.9. The number of thioether (sulfide) groups is 1. The van der Waals surface area contributed by atoms with Crippen molar-refractivity contribution >= 4 is 23.6 Å². The Labute approximate surface area is 187 Å². The van der Waals surface area contributed by atoms with E-state index in [2.05, 4.69) is 69.1 Å². The van der Waals surface area contributed by atoms with Gasteiger partial charge in [-0.3, -0.25) is 9.36 Å². The van der Waals surface area contributed by atoms with Crippen molar-refractivity contribution in [1.82, 2.24) is 19.7 Å². The molecular weight excluding hydrogens is 406 g/mol. The molecule has 160 valence electrons. The van der Waals surface area contributed by atoms with Crippen molar-refractivity contribution in [3.8, 4) is 5.69 Å². The topological polar surface area (TPSA) is 54.3 Å². The molecule has 0 unspecified atom stereocenters. The number of hydrogen-bond acceptors (Lipinski definition) is 5. The quantitative estimate of drug-likeness (QED) is 0.572. The Bertz CT molecular complexity index is 1070. The molecule has 1 amide bonds. The first-order chi connectivity index (χ1) is 15.2. The second-order valence-corrected chi connectivity index (χ2v) is 9.21. The molecule has 1 fully saturated rings. The number of anilines is 1. The Balaban J connectivity index is 1.34. The third kappa shape index (κ3) is 4.19. The van der Waals surface area contributed by atoms with Gasteiger partial charge in [0.1, 0.15) is 0 Å². The number of carbonyl (C=O) groups is 1. The van der Waals surface area contributed by atoms with E-state index < -0.39 is 0 Å². The van der Waals surface area contributed by atoms with Crippen molar-refractivity contribution in [2.24, 2.45) is 0 Å². The number of aryl methyl sites for hydroxylation is 1. The first-order valence-corrected chi connectivity index (χ1v) is 11.9. The average Bonchev–Trinajstić information content (AvgIpc) is 3.47. The van der Waals surface area contributed by atoms with Gasteiger partial charge in [-0.05, 0) is 49.4 Å². The van der Waals surface area contributed by atoms with Gasteiger partial charge in [-0.2, -0.15) is 0 Å². The maximum absolute atomic E-state index is 13.0. The third-order valence-electron chi connectivity index (χ3n) is 6.11. The molecule has 5 rings (SSSR count). The van der Waals surface area contributed by atoms with Crippen molar-refractivity contribution in [3.63, 3.8) is 0 Å². The van der Waals surface area contributed by atoms with E-state index in [9.17, 15) is 4.79 Å². The second-order valence-electron chi connectivity index (χ2n) is 8.27.